The fourth-order valence-corrected chi connectivity index (χ4v) is 3.21. The highest BCUT2D eigenvalue weighted by molar-refractivity contribution is 6.30. The zero-order valence-electron chi connectivity index (χ0n) is 16.9. The molecule has 3 amide bonds. The number of halogens is 1. The van der Waals surface area contributed by atoms with Crippen molar-refractivity contribution in [3.8, 4) is 0 Å². The standard InChI is InChI=1S/C20H30ClN3O4/c1-20(2,3)17(18(26)23-4)24(28)19(27)14(12-16(22)25)7-5-6-13-8-10-15(21)11-9-13/h8-11,14,17,28H,5-7,12H2,1-4H3,(H2,22,25)(H,23,26)/t14-,17-/m1/s1. The summed E-state index contributed by atoms with van der Waals surface area (Å²) in [6.07, 6.45) is 1.45. The number of nitrogens with one attached hydrogen (secondary N) is 1. The maximum absolute atomic E-state index is 12.8. The van der Waals surface area contributed by atoms with Crippen LogP contribution in [0, 0.1) is 11.3 Å². The molecule has 7 nitrogen and oxygen atoms in total. The molecule has 0 aliphatic carbocycles. The number of amides is 3. The van der Waals surface area contributed by atoms with Gasteiger partial charge in [-0.1, -0.05) is 44.5 Å². The average molecular weight is 412 g/mol. The third kappa shape index (κ3) is 7.13. The summed E-state index contributed by atoms with van der Waals surface area (Å²) >= 11 is 5.87. The Morgan fingerprint density at radius 1 is 1.21 bits per heavy atom. The van der Waals surface area contributed by atoms with E-state index in [4.69, 9.17) is 17.3 Å². The van der Waals surface area contributed by atoms with Gasteiger partial charge in [-0.2, -0.15) is 0 Å². The van der Waals surface area contributed by atoms with E-state index >= 15 is 0 Å². The first kappa shape index (κ1) is 23.9. The molecular formula is C20H30ClN3O4. The normalized spacial score (nSPS) is 13.5. The van der Waals surface area contributed by atoms with Crippen molar-refractivity contribution in [2.24, 2.45) is 17.1 Å². The Morgan fingerprint density at radius 2 is 1.79 bits per heavy atom. The molecule has 0 aromatic heterocycles. The van der Waals surface area contributed by atoms with E-state index in [-0.39, 0.29) is 6.42 Å². The summed E-state index contributed by atoms with van der Waals surface area (Å²) < 4.78 is 0. The molecule has 0 spiro atoms. The van der Waals surface area contributed by atoms with Gasteiger partial charge in [0, 0.05) is 24.4 Å². The first-order valence-electron chi connectivity index (χ1n) is 9.23. The van der Waals surface area contributed by atoms with Crippen LogP contribution in [0.3, 0.4) is 0 Å². The molecule has 0 saturated carbocycles. The molecule has 4 N–H and O–H groups in total. The number of rotatable bonds is 9. The molecule has 1 rings (SSSR count). The van der Waals surface area contributed by atoms with Crippen LogP contribution in [0.2, 0.25) is 5.02 Å². The molecule has 156 valence electrons. The zero-order chi connectivity index (χ0) is 21.5. The Morgan fingerprint density at radius 3 is 2.25 bits per heavy atom. The number of aryl methyl sites for hydroxylation is 1. The molecule has 0 aliphatic heterocycles. The Bertz CT molecular complexity index is 686. The molecule has 2 atom stereocenters. The van der Waals surface area contributed by atoms with Gasteiger partial charge in [0.05, 0.1) is 0 Å². The van der Waals surface area contributed by atoms with E-state index in [0.29, 0.717) is 29.3 Å². The van der Waals surface area contributed by atoms with Crippen molar-refractivity contribution in [3.63, 3.8) is 0 Å². The second-order valence-corrected chi connectivity index (χ2v) is 8.39. The van der Waals surface area contributed by atoms with Crippen molar-refractivity contribution < 1.29 is 19.6 Å². The van der Waals surface area contributed by atoms with Crippen LogP contribution in [-0.2, 0) is 20.8 Å². The molecule has 28 heavy (non-hydrogen) atoms. The van der Waals surface area contributed by atoms with Gasteiger partial charge in [0.2, 0.25) is 17.7 Å². The first-order chi connectivity index (χ1) is 13.0. The number of carbonyl (C=O) groups is 3. The van der Waals surface area contributed by atoms with Crippen LogP contribution in [0.1, 0.15) is 45.6 Å². The van der Waals surface area contributed by atoms with Gasteiger partial charge in [-0.3, -0.25) is 19.6 Å². The summed E-state index contributed by atoms with van der Waals surface area (Å²) in [6.45, 7) is 5.23. The molecular weight excluding hydrogens is 382 g/mol. The zero-order valence-corrected chi connectivity index (χ0v) is 17.6. The van der Waals surface area contributed by atoms with E-state index in [0.717, 1.165) is 5.56 Å². The fourth-order valence-electron chi connectivity index (χ4n) is 3.08. The lowest BCUT2D eigenvalue weighted by Gasteiger charge is -2.36. The highest BCUT2D eigenvalue weighted by Gasteiger charge is 2.40. The highest BCUT2D eigenvalue weighted by atomic mass is 35.5. The van der Waals surface area contributed by atoms with Crippen LogP contribution in [-0.4, -0.2) is 41.1 Å². The van der Waals surface area contributed by atoms with Crippen molar-refractivity contribution in [1.82, 2.24) is 10.4 Å². The molecule has 0 heterocycles. The lowest BCUT2D eigenvalue weighted by atomic mass is 9.85. The number of hydrogen-bond acceptors (Lipinski definition) is 4. The van der Waals surface area contributed by atoms with Gasteiger partial charge in [-0.25, -0.2) is 5.06 Å². The van der Waals surface area contributed by atoms with Crippen molar-refractivity contribution >= 4 is 29.3 Å². The number of carbonyl (C=O) groups excluding carboxylic acids is 3. The van der Waals surface area contributed by atoms with Gasteiger partial charge in [0.15, 0.2) is 0 Å². The summed E-state index contributed by atoms with van der Waals surface area (Å²) in [6, 6.07) is 6.28. The lowest BCUT2D eigenvalue weighted by Crippen LogP contribution is -2.55. The fraction of sp³-hybridized carbons (Fsp3) is 0.550. The van der Waals surface area contributed by atoms with Gasteiger partial charge in [0.1, 0.15) is 6.04 Å². The second kappa shape index (κ2) is 10.4. The quantitative estimate of drug-likeness (QED) is 0.428. The van der Waals surface area contributed by atoms with Crippen molar-refractivity contribution in [3.05, 3.63) is 34.9 Å². The third-order valence-electron chi connectivity index (χ3n) is 4.51. The minimum atomic E-state index is -1.09. The van der Waals surface area contributed by atoms with Crippen LogP contribution in [0.4, 0.5) is 0 Å². The van der Waals surface area contributed by atoms with Gasteiger partial charge in [0.25, 0.3) is 0 Å². The Balaban J connectivity index is 2.88. The molecule has 8 heteroatoms. The van der Waals surface area contributed by atoms with Crippen molar-refractivity contribution in [1.29, 1.82) is 0 Å². The monoisotopic (exact) mass is 411 g/mol. The summed E-state index contributed by atoms with van der Waals surface area (Å²) in [5.41, 5.74) is 5.64. The maximum Gasteiger partial charge on any atom is 0.250 e. The lowest BCUT2D eigenvalue weighted by molar-refractivity contribution is -0.193. The predicted molar refractivity (Wildman–Crippen MR) is 108 cm³/mol. The Kier molecular flexibility index (Phi) is 8.91. The molecule has 0 radical (unpaired) electrons. The molecule has 0 saturated heterocycles. The number of nitrogens with two attached hydrogens (primary N) is 1. The number of nitrogens with zero attached hydrogens (tertiary/aromatic N) is 1. The molecule has 0 fully saturated rings. The second-order valence-electron chi connectivity index (χ2n) is 7.95. The highest BCUT2D eigenvalue weighted by Crippen LogP contribution is 2.26. The predicted octanol–water partition coefficient (Wildman–Crippen LogP) is 2.53. The van der Waals surface area contributed by atoms with Gasteiger partial charge >= 0.3 is 0 Å². The van der Waals surface area contributed by atoms with Gasteiger partial charge < -0.3 is 11.1 Å². The maximum atomic E-state index is 12.8. The number of primary amides is 1. The van der Waals surface area contributed by atoms with Crippen molar-refractivity contribution in [2.45, 2.75) is 52.5 Å². The Labute approximate surface area is 171 Å². The van der Waals surface area contributed by atoms with E-state index in [1.54, 1.807) is 32.9 Å². The van der Waals surface area contributed by atoms with E-state index in [1.807, 2.05) is 12.1 Å². The topological polar surface area (TPSA) is 113 Å². The van der Waals surface area contributed by atoms with Gasteiger partial charge in [-0.15, -0.1) is 0 Å². The van der Waals surface area contributed by atoms with E-state index in [9.17, 15) is 19.6 Å². The average Bonchev–Trinajstić information content (AvgIpc) is 2.60. The molecule has 0 bridgehead atoms. The van der Waals surface area contributed by atoms with Crippen LogP contribution in [0.5, 0.6) is 0 Å². The summed E-state index contributed by atoms with van der Waals surface area (Å²) in [7, 11) is 1.44. The first-order valence-corrected chi connectivity index (χ1v) is 9.61. The van der Waals surface area contributed by atoms with Crippen LogP contribution in [0.15, 0.2) is 24.3 Å². The van der Waals surface area contributed by atoms with Crippen molar-refractivity contribution in [2.75, 3.05) is 7.05 Å². The smallest absolute Gasteiger partial charge is 0.250 e. The minimum Gasteiger partial charge on any atom is -0.370 e. The third-order valence-corrected chi connectivity index (χ3v) is 4.77. The van der Waals surface area contributed by atoms with E-state index in [1.165, 1.54) is 7.05 Å². The molecule has 1 aromatic rings. The largest absolute Gasteiger partial charge is 0.370 e. The van der Waals surface area contributed by atoms with Crippen LogP contribution in [0.25, 0.3) is 0 Å². The summed E-state index contributed by atoms with van der Waals surface area (Å²) in [5.74, 6) is -2.60. The number of hydroxylamine groups is 2. The Hall–Kier alpha value is -2.12. The summed E-state index contributed by atoms with van der Waals surface area (Å²) in [5, 5.41) is 14.1. The van der Waals surface area contributed by atoms with Crippen LogP contribution < -0.4 is 11.1 Å². The number of likely N-dealkylation sites (N-methyl/N-ethyl adjacent to an activating group) is 1. The molecule has 1 aromatic carbocycles. The molecule has 0 aliphatic rings. The molecule has 0 unspecified atom stereocenters. The van der Waals surface area contributed by atoms with Crippen LogP contribution >= 0.6 is 11.6 Å². The number of benzene rings is 1. The van der Waals surface area contributed by atoms with E-state index in [2.05, 4.69) is 5.32 Å². The van der Waals surface area contributed by atoms with E-state index < -0.39 is 35.1 Å². The number of hydrogen-bond donors (Lipinski definition) is 3. The SMILES string of the molecule is CNC(=O)[C@@H](N(O)C(=O)[C@H](CCCc1ccc(Cl)cc1)CC(N)=O)C(C)(C)C. The minimum absolute atomic E-state index is 0.193. The summed E-state index contributed by atoms with van der Waals surface area (Å²) in [4.78, 5) is 36.5. The van der Waals surface area contributed by atoms with Gasteiger partial charge in [-0.05, 0) is 42.4 Å².